The van der Waals surface area contributed by atoms with Gasteiger partial charge in [0.05, 0.1) is 11.6 Å². The Kier molecular flexibility index (Phi) is 6.23. The molecule has 0 saturated carbocycles. The molecule has 1 saturated heterocycles. The lowest BCUT2D eigenvalue weighted by Crippen LogP contribution is -2.28. The van der Waals surface area contributed by atoms with Crippen LogP contribution in [0.5, 0.6) is 5.75 Å². The average molecular weight is 358 g/mol. The van der Waals surface area contributed by atoms with Crippen LogP contribution in [0.4, 0.5) is 4.79 Å². The van der Waals surface area contributed by atoms with Crippen molar-refractivity contribution in [3.8, 4) is 5.75 Å². The predicted octanol–water partition coefficient (Wildman–Crippen LogP) is 4.69. The first-order valence-electron chi connectivity index (χ1n) is 6.95. The molecule has 1 amide bonds. The van der Waals surface area contributed by atoms with E-state index in [4.69, 9.17) is 4.74 Å². The van der Waals surface area contributed by atoms with Crippen molar-refractivity contribution in [1.82, 2.24) is 4.90 Å². The van der Waals surface area contributed by atoms with Crippen LogP contribution in [0.3, 0.4) is 0 Å². The largest absolute Gasteiger partial charge is 0.496 e. The first-order chi connectivity index (χ1) is 9.70. The fraction of sp³-hybridized carbons (Fsp3) is 0.533. The van der Waals surface area contributed by atoms with Gasteiger partial charge in [0.2, 0.25) is 0 Å². The maximum Gasteiger partial charge on any atom is 0.281 e. The highest BCUT2D eigenvalue weighted by Gasteiger charge is 2.16. The Morgan fingerprint density at radius 3 is 2.60 bits per heavy atom. The quantitative estimate of drug-likeness (QED) is 0.785. The Labute approximate surface area is 133 Å². The second-order valence-corrected chi connectivity index (χ2v) is 6.71. The molecule has 1 aliphatic rings. The number of halogens is 1. The van der Waals surface area contributed by atoms with Crippen LogP contribution < -0.4 is 4.74 Å². The molecular weight excluding hydrogens is 338 g/mol. The van der Waals surface area contributed by atoms with Gasteiger partial charge >= 0.3 is 0 Å². The Morgan fingerprint density at radius 1 is 1.30 bits per heavy atom. The zero-order valence-electron chi connectivity index (χ0n) is 11.7. The Bertz CT molecular complexity index is 459. The van der Waals surface area contributed by atoms with Gasteiger partial charge in [-0.25, -0.2) is 0 Å². The number of rotatable bonds is 3. The van der Waals surface area contributed by atoms with E-state index in [0.29, 0.717) is 5.75 Å². The third-order valence-corrected chi connectivity index (χ3v) is 5.05. The van der Waals surface area contributed by atoms with E-state index in [1.54, 1.807) is 7.11 Å². The lowest BCUT2D eigenvalue weighted by Gasteiger charge is -2.19. The van der Waals surface area contributed by atoms with Crippen molar-refractivity contribution < 1.29 is 9.53 Å². The molecule has 110 valence electrons. The first kappa shape index (κ1) is 15.7. The van der Waals surface area contributed by atoms with Gasteiger partial charge in [0.15, 0.2) is 0 Å². The topological polar surface area (TPSA) is 29.5 Å². The van der Waals surface area contributed by atoms with Crippen LogP contribution in [0.15, 0.2) is 22.7 Å². The maximum absolute atomic E-state index is 12.2. The van der Waals surface area contributed by atoms with Crippen molar-refractivity contribution in [2.45, 2.75) is 31.4 Å². The molecule has 0 N–H and O–H groups in total. The standard InChI is InChI=1S/C15H20BrNO2S/c1-19-14-7-6-12(10-13(14)16)11-20-15(18)17-8-4-2-3-5-9-17/h6-7,10H,2-5,8-9,11H2,1H3. The molecule has 2 rings (SSSR count). The van der Waals surface area contributed by atoms with Gasteiger partial charge in [0.1, 0.15) is 5.75 Å². The number of hydrogen-bond acceptors (Lipinski definition) is 3. The lowest BCUT2D eigenvalue weighted by atomic mass is 10.2. The summed E-state index contributed by atoms with van der Waals surface area (Å²) in [4.78, 5) is 14.2. The molecule has 3 nitrogen and oxygen atoms in total. The van der Waals surface area contributed by atoms with Crippen molar-refractivity contribution in [3.05, 3.63) is 28.2 Å². The summed E-state index contributed by atoms with van der Waals surface area (Å²) in [5.41, 5.74) is 1.13. The van der Waals surface area contributed by atoms with E-state index in [1.807, 2.05) is 23.1 Å². The number of ether oxygens (including phenoxy) is 1. The summed E-state index contributed by atoms with van der Waals surface area (Å²) >= 11 is 4.86. The smallest absolute Gasteiger partial charge is 0.281 e. The normalized spacial score (nSPS) is 15.8. The van der Waals surface area contributed by atoms with Gasteiger partial charge in [0.25, 0.3) is 5.24 Å². The number of methoxy groups -OCH3 is 1. The Balaban J connectivity index is 1.87. The fourth-order valence-electron chi connectivity index (χ4n) is 2.29. The minimum Gasteiger partial charge on any atom is -0.496 e. The van der Waals surface area contributed by atoms with E-state index >= 15 is 0 Å². The molecule has 0 spiro atoms. The molecule has 1 aliphatic heterocycles. The van der Waals surface area contributed by atoms with E-state index in [1.165, 1.54) is 24.6 Å². The zero-order valence-corrected chi connectivity index (χ0v) is 14.1. The number of benzene rings is 1. The van der Waals surface area contributed by atoms with Gasteiger partial charge in [0, 0.05) is 18.8 Å². The minimum atomic E-state index is 0.207. The molecule has 1 aromatic rings. The summed E-state index contributed by atoms with van der Waals surface area (Å²) in [6.45, 7) is 1.83. The van der Waals surface area contributed by atoms with Gasteiger partial charge in [-0.05, 0) is 46.5 Å². The number of nitrogens with zero attached hydrogens (tertiary/aromatic N) is 1. The van der Waals surface area contributed by atoms with E-state index in [9.17, 15) is 4.79 Å². The second kappa shape index (κ2) is 7.93. The fourth-order valence-corrected chi connectivity index (χ4v) is 3.71. The molecule has 0 bridgehead atoms. The monoisotopic (exact) mass is 357 g/mol. The van der Waals surface area contributed by atoms with Crippen LogP contribution >= 0.6 is 27.7 Å². The van der Waals surface area contributed by atoms with Gasteiger partial charge < -0.3 is 9.64 Å². The van der Waals surface area contributed by atoms with Gasteiger partial charge in [-0.3, -0.25) is 4.79 Å². The van der Waals surface area contributed by atoms with Crippen LogP contribution in [0.2, 0.25) is 0 Å². The summed E-state index contributed by atoms with van der Waals surface area (Å²) in [5, 5.41) is 0.207. The van der Waals surface area contributed by atoms with E-state index in [2.05, 4.69) is 15.9 Å². The average Bonchev–Trinajstić information content (AvgIpc) is 2.74. The number of amides is 1. The molecule has 5 heteroatoms. The van der Waals surface area contributed by atoms with Crippen molar-refractivity contribution >= 4 is 32.9 Å². The molecule has 20 heavy (non-hydrogen) atoms. The number of thioether (sulfide) groups is 1. The molecule has 1 heterocycles. The number of carbonyl (C=O) groups excluding carboxylic acids is 1. The van der Waals surface area contributed by atoms with Crippen molar-refractivity contribution in [3.63, 3.8) is 0 Å². The highest BCUT2D eigenvalue weighted by atomic mass is 79.9. The summed E-state index contributed by atoms with van der Waals surface area (Å²) < 4.78 is 6.14. The van der Waals surface area contributed by atoms with Crippen molar-refractivity contribution in [2.75, 3.05) is 20.2 Å². The lowest BCUT2D eigenvalue weighted by molar-refractivity contribution is 0.225. The first-order valence-corrected chi connectivity index (χ1v) is 8.72. The SMILES string of the molecule is COc1ccc(CSC(=O)N2CCCCCC2)cc1Br. The summed E-state index contributed by atoms with van der Waals surface area (Å²) in [6, 6.07) is 5.95. The molecule has 0 unspecified atom stereocenters. The molecule has 0 aliphatic carbocycles. The third kappa shape index (κ3) is 4.42. The van der Waals surface area contributed by atoms with Crippen LogP contribution in [0, 0.1) is 0 Å². The molecular formula is C15H20BrNO2S. The molecule has 0 atom stereocenters. The number of carbonyl (C=O) groups is 1. The molecule has 1 fully saturated rings. The highest BCUT2D eigenvalue weighted by molar-refractivity contribution is 9.10. The Hall–Kier alpha value is -0.680. The summed E-state index contributed by atoms with van der Waals surface area (Å²) in [7, 11) is 1.65. The van der Waals surface area contributed by atoms with Crippen LogP contribution in [0.1, 0.15) is 31.2 Å². The molecule has 0 radical (unpaired) electrons. The highest BCUT2D eigenvalue weighted by Crippen LogP contribution is 2.28. The van der Waals surface area contributed by atoms with Crippen LogP contribution in [0.25, 0.3) is 0 Å². The summed E-state index contributed by atoms with van der Waals surface area (Å²) in [5.74, 6) is 1.52. The minimum absolute atomic E-state index is 0.207. The van der Waals surface area contributed by atoms with Gasteiger partial charge in [-0.1, -0.05) is 30.7 Å². The van der Waals surface area contributed by atoms with Crippen LogP contribution in [-0.2, 0) is 5.75 Å². The number of likely N-dealkylation sites (tertiary alicyclic amines) is 1. The summed E-state index contributed by atoms with van der Waals surface area (Å²) in [6.07, 6.45) is 4.78. The van der Waals surface area contributed by atoms with Crippen molar-refractivity contribution in [1.29, 1.82) is 0 Å². The van der Waals surface area contributed by atoms with Gasteiger partial charge in [-0.15, -0.1) is 0 Å². The van der Waals surface area contributed by atoms with Gasteiger partial charge in [-0.2, -0.15) is 0 Å². The van der Waals surface area contributed by atoms with E-state index < -0.39 is 0 Å². The molecule has 1 aromatic carbocycles. The predicted molar refractivity (Wildman–Crippen MR) is 87.4 cm³/mol. The van der Waals surface area contributed by atoms with Crippen molar-refractivity contribution in [2.24, 2.45) is 0 Å². The Morgan fingerprint density at radius 2 is 2.00 bits per heavy atom. The zero-order chi connectivity index (χ0) is 14.4. The van der Waals surface area contributed by atoms with E-state index in [0.717, 1.165) is 41.7 Å². The third-order valence-electron chi connectivity index (χ3n) is 3.44. The van der Waals surface area contributed by atoms with Crippen LogP contribution in [-0.4, -0.2) is 30.3 Å². The number of hydrogen-bond donors (Lipinski definition) is 0. The maximum atomic E-state index is 12.2. The molecule has 0 aromatic heterocycles. The van der Waals surface area contributed by atoms with E-state index in [-0.39, 0.29) is 5.24 Å². The second-order valence-electron chi connectivity index (χ2n) is 4.92.